The molecular weight excluding hydrogens is 821 g/mol. The minimum atomic E-state index is -4.53. The Morgan fingerprint density at radius 2 is 1.72 bits per heavy atom. The predicted octanol–water partition coefficient (Wildman–Crippen LogP) is 5.59. The van der Waals surface area contributed by atoms with E-state index < -0.39 is 47.3 Å². The molecule has 4 heterocycles. The maximum absolute atomic E-state index is 13.3. The number of rotatable bonds is 13. The number of imide groups is 2. The zero-order valence-electron chi connectivity index (χ0n) is 31.8. The Morgan fingerprint density at radius 3 is 2.46 bits per heavy atom. The maximum atomic E-state index is 13.3. The molecule has 19 heteroatoms. The third-order valence-corrected chi connectivity index (χ3v) is 10.5. The van der Waals surface area contributed by atoms with E-state index in [2.05, 4.69) is 31.0 Å². The summed E-state index contributed by atoms with van der Waals surface area (Å²) in [5.74, 6) is -2.51. The fourth-order valence-electron chi connectivity index (χ4n) is 7.22. The fourth-order valence-corrected chi connectivity index (χ4v) is 7.38. The van der Waals surface area contributed by atoms with Gasteiger partial charge in [-0.3, -0.25) is 34.2 Å². The summed E-state index contributed by atoms with van der Waals surface area (Å²) >= 11 is 6.12. The number of benzene rings is 4. The van der Waals surface area contributed by atoms with Crippen LogP contribution in [-0.2, 0) is 33.4 Å². The lowest BCUT2D eigenvalue weighted by Gasteiger charge is -2.27. The average Bonchev–Trinajstić information content (AvgIpc) is 3.88. The predicted molar refractivity (Wildman–Crippen MR) is 214 cm³/mol. The number of H-pyrrole nitrogens is 1. The van der Waals surface area contributed by atoms with E-state index in [4.69, 9.17) is 16.3 Å². The number of fused-ring (bicyclic) bond motifs is 2. The summed E-state index contributed by atoms with van der Waals surface area (Å²) in [4.78, 5) is 71.4. The molecule has 5 N–H and O–H groups in total. The Labute approximate surface area is 348 Å². The number of ether oxygens (including phenoxy) is 1. The van der Waals surface area contributed by atoms with E-state index in [1.807, 2.05) is 0 Å². The SMILES string of the molecule is O=C(COc1ccc(CCc2c(-c3ccc(C(F)(F)F)cc3)nn(-c3nc4cc(Cl)ccc4[nH]3)c2O)cc1)NCCNc1cccc2c1C(=O)N(C1CCC(=O)NC1=O)C2=O. The molecule has 61 heavy (non-hydrogen) atoms. The van der Waals surface area contributed by atoms with Gasteiger partial charge in [0, 0.05) is 41.3 Å². The van der Waals surface area contributed by atoms with Crippen molar-refractivity contribution < 1.29 is 47.0 Å². The number of hydrogen-bond acceptors (Lipinski definition) is 10. The Bertz CT molecular complexity index is 2720. The lowest BCUT2D eigenvalue weighted by atomic mass is 10.00. The molecule has 4 aromatic carbocycles. The minimum Gasteiger partial charge on any atom is -0.493 e. The van der Waals surface area contributed by atoms with Crippen LogP contribution in [-0.4, -0.2) is 85.0 Å². The molecule has 312 valence electrons. The van der Waals surface area contributed by atoms with Crippen molar-refractivity contribution in [2.45, 2.75) is 37.9 Å². The molecule has 2 aliphatic rings. The third kappa shape index (κ3) is 8.34. The van der Waals surface area contributed by atoms with E-state index in [1.54, 1.807) is 54.6 Å². The number of anilines is 1. The highest BCUT2D eigenvalue weighted by molar-refractivity contribution is 6.31. The Morgan fingerprint density at radius 1 is 0.951 bits per heavy atom. The number of aryl methyl sites for hydroxylation is 1. The van der Waals surface area contributed by atoms with Gasteiger partial charge in [0.15, 0.2) is 6.61 Å². The molecule has 0 radical (unpaired) electrons. The Hall–Kier alpha value is -7.21. The number of aromatic nitrogens is 4. The molecule has 2 aliphatic heterocycles. The highest BCUT2D eigenvalue weighted by Gasteiger charge is 2.45. The highest BCUT2D eigenvalue weighted by atomic mass is 35.5. The van der Waals surface area contributed by atoms with Crippen LogP contribution in [0.5, 0.6) is 11.6 Å². The largest absolute Gasteiger partial charge is 0.493 e. The molecule has 1 fully saturated rings. The van der Waals surface area contributed by atoms with Crippen molar-refractivity contribution in [3.8, 4) is 28.8 Å². The molecule has 1 atom stereocenters. The second-order valence-electron chi connectivity index (χ2n) is 14.2. The number of aromatic hydroxyl groups is 1. The van der Waals surface area contributed by atoms with Crippen LogP contribution >= 0.6 is 11.6 Å². The van der Waals surface area contributed by atoms with Gasteiger partial charge >= 0.3 is 6.18 Å². The van der Waals surface area contributed by atoms with Crippen molar-refractivity contribution in [2.75, 3.05) is 25.0 Å². The first kappa shape index (κ1) is 40.6. The summed E-state index contributed by atoms with van der Waals surface area (Å²) in [5.41, 5.74) is 2.79. The van der Waals surface area contributed by atoms with Crippen LogP contribution in [0.15, 0.2) is 84.9 Å². The molecule has 0 bridgehead atoms. The fraction of sp³-hybridized carbons (Fsp3) is 0.214. The third-order valence-electron chi connectivity index (χ3n) is 10.3. The van der Waals surface area contributed by atoms with Gasteiger partial charge in [-0.25, -0.2) is 4.98 Å². The summed E-state index contributed by atoms with van der Waals surface area (Å²) in [5, 5.41) is 24.4. The van der Waals surface area contributed by atoms with Crippen LogP contribution in [0, 0.1) is 0 Å². The lowest BCUT2D eigenvalue weighted by molar-refractivity contribution is -0.138. The number of nitrogens with zero attached hydrogens (tertiary/aromatic N) is 4. The van der Waals surface area contributed by atoms with E-state index >= 15 is 0 Å². The van der Waals surface area contributed by atoms with E-state index in [-0.39, 0.29) is 67.6 Å². The monoisotopic (exact) mass is 854 g/mol. The van der Waals surface area contributed by atoms with Gasteiger partial charge in [-0.15, -0.1) is 0 Å². The van der Waals surface area contributed by atoms with Gasteiger partial charge in [-0.1, -0.05) is 41.9 Å². The van der Waals surface area contributed by atoms with E-state index in [1.165, 1.54) is 22.9 Å². The van der Waals surface area contributed by atoms with Crippen molar-refractivity contribution in [1.82, 2.24) is 35.3 Å². The summed E-state index contributed by atoms with van der Waals surface area (Å²) in [6.07, 6.45) is -3.83. The zero-order valence-corrected chi connectivity index (χ0v) is 32.6. The summed E-state index contributed by atoms with van der Waals surface area (Å²) in [7, 11) is 0. The van der Waals surface area contributed by atoms with Crippen LogP contribution in [0.25, 0.3) is 28.2 Å². The van der Waals surface area contributed by atoms with Gasteiger partial charge in [0.2, 0.25) is 23.6 Å². The molecule has 0 aliphatic carbocycles. The molecule has 5 amide bonds. The number of carbonyl (C=O) groups excluding carboxylic acids is 5. The molecule has 8 rings (SSSR count). The normalized spacial score (nSPS) is 15.3. The van der Waals surface area contributed by atoms with Gasteiger partial charge < -0.3 is 25.5 Å². The Kier molecular flexibility index (Phi) is 10.9. The van der Waals surface area contributed by atoms with E-state index in [0.717, 1.165) is 22.6 Å². The number of hydrogen-bond donors (Lipinski definition) is 5. The van der Waals surface area contributed by atoms with Crippen molar-refractivity contribution in [3.63, 3.8) is 0 Å². The smallest absolute Gasteiger partial charge is 0.416 e. The first-order chi connectivity index (χ1) is 29.2. The van der Waals surface area contributed by atoms with E-state index in [9.17, 15) is 42.3 Å². The van der Waals surface area contributed by atoms with Crippen LogP contribution in [0.1, 0.15) is 50.2 Å². The molecule has 15 nitrogen and oxygen atoms in total. The minimum absolute atomic E-state index is 0.00728. The number of halogens is 4. The van der Waals surface area contributed by atoms with Gasteiger partial charge in [0.1, 0.15) is 17.5 Å². The summed E-state index contributed by atoms with van der Waals surface area (Å²) in [6, 6.07) is 20.1. The van der Waals surface area contributed by atoms with Crippen molar-refractivity contribution >= 4 is 57.9 Å². The topological polar surface area (TPSA) is 201 Å². The quantitative estimate of drug-likeness (QED) is 0.0721. The van der Waals surface area contributed by atoms with Gasteiger partial charge in [0.25, 0.3) is 17.7 Å². The zero-order chi connectivity index (χ0) is 43.0. The first-order valence-electron chi connectivity index (χ1n) is 19.0. The summed E-state index contributed by atoms with van der Waals surface area (Å²) < 4.78 is 46.9. The number of nitrogens with one attached hydrogen (secondary N) is 4. The number of imidazole rings is 1. The number of amides is 5. The van der Waals surface area contributed by atoms with Crippen molar-refractivity contribution in [1.29, 1.82) is 0 Å². The molecule has 1 unspecified atom stereocenters. The standard InChI is InChI=1S/C42H34ClF3N8O7/c43-25-11-15-29-31(20-25)50-41(49-29)54-39(59)28(36(52-54)23-7-9-24(10-8-23)42(44,45)46)14-6-22-4-12-26(13-5-22)61-21-34(56)48-19-18-47-30-3-1-2-27-35(30)40(60)53(38(27)58)32-16-17-33(55)51-37(32)57/h1-5,7-13,15,20,32,47,59H,6,14,16-19,21H2,(H,48,56)(H,49,50)(H,51,55,57). The first-order valence-corrected chi connectivity index (χ1v) is 19.3. The second-order valence-corrected chi connectivity index (χ2v) is 14.7. The number of alkyl halides is 3. The van der Waals surface area contributed by atoms with Crippen molar-refractivity contribution in [2.24, 2.45) is 0 Å². The van der Waals surface area contributed by atoms with Crippen LogP contribution < -0.4 is 20.7 Å². The molecule has 1 saturated heterocycles. The van der Waals surface area contributed by atoms with Gasteiger partial charge in [-0.05, 0) is 79.4 Å². The second kappa shape index (κ2) is 16.4. The molecular formula is C42H34ClF3N8O7. The molecule has 0 saturated carbocycles. The van der Waals surface area contributed by atoms with Crippen LogP contribution in [0.3, 0.4) is 0 Å². The van der Waals surface area contributed by atoms with Crippen LogP contribution in [0.4, 0.5) is 18.9 Å². The molecule has 2 aromatic heterocycles. The molecule has 6 aromatic rings. The van der Waals surface area contributed by atoms with E-state index in [0.29, 0.717) is 45.0 Å². The Balaban J connectivity index is 0.862. The van der Waals surface area contributed by atoms with Crippen molar-refractivity contribution in [3.05, 3.63) is 118 Å². The molecule has 0 spiro atoms. The average molecular weight is 855 g/mol. The van der Waals surface area contributed by atoms with Gasteiger partial charge in [0.05, 0.1) is 27.7 Å². The number of piperidine rings is 1. The maximum Gasteiger partial charge on any atom is 0.416 e. The highest BCUT2D eigenvalue weighted by Crippen LogP contribution is 2.36. The van der Waals surface area contributed by atoms with Crippen LogP contribution in [0.2, 0.25) is 5.02 Å². The lowest BCUT2D eigenvalue weighted by Crippen LogP contribution is -2.54. The number of aromatic amines is 1. The number of carbonyl (C=O) groups is 5. The summed E-state index contributed by atoms with van der Waals surface area (Å²) in [6.45, 7) is 0.0386. The van der Waals surface area contributed by atoms with Gasteiger partial charge in [-0.2, -0.15) is 23.0 Å².